The SMILES string of the molecule is CCOC1CC2(CCN(Cc3ccc(C(F)F)cc3)C2)C1. The highest BCUT2D eigenvalue weighted by Gasteiger charge is 2.48. The summed E-state index contributed by atoms with van der Waals surface area (Å²) in [5, 5.41) is 0. The van der Waals surface area contributed by atoms with Gasteiger partial charge in [0.2, 0.25) is 0 Å². The molecule has 0 unspecified atom stereocenters. The molecule has 3 rings (SSSR count). The molecule has 1 saturated heterocycles. The summed E-state index contributed by atoms with van der Waals surface area (Å²) < 4.78 is 30.7. The van der Waals surface area contributed by atoms with Gasteiger partial charge in [-0.1, -0.05) is 24.3 Å². The van der Waals surface area contributed by atoms with Crippen LogP contribution in [0.25, 0.3) is 0 Å². The first-order chi connectivity index (χ1) is 10.1. The summed E-state index contributed by atoms with van der Waals surface area (Å²) in [4.78, 5) is 2.44. The zero-order valence-corrected chi connectivity index (χ0v) is 12.5. The Bertz CT molecular complexity index is 468. The predicted molar refractivity (Wildman–Crippen MR) is 78.4 cm³/mol. The molecule has 1 aromatic rings. The fourth-order valence-electron chi connectivity index (χ4n) is 3.78. The molecular formula is C17H23F2NO. The lowest BCUT2D eigenvalue weighted by atomic mass is 9.66. The van der Waals surface area contributed by atoms with E-state index >= 15 is 0 Å². The van der Waals surface area contributed by atoms with E-state index in [1.807, 2.05) is 12.1 Å². The molecule has 2 nitrogen and oxygen atoms in total. The summed E-state index contributed by atoms with van der Waals surface area (Å²) in [6.07, 6.45) is 1.69. The molecule has 116 valence electrons. The number of ether oxygens (including phenoxy) is 1. The molecule has 1 aromatic carbocycles. The highest BCUT2D eigenvalue weighted by atomic mass is 19.3. The zero-order valence-electron chi connectivity index (χ0n) is 12.5. The van der Waals surface area contributed by atoms with Gasteiger partial charge in [-0.05, 0) is 43.7 Å². The number of hydrogen-bond acceptors (Lipinski definition) is 2. The molecule has 4 heteroatoms. The van der Waals surface area contributed by atoms with E-state index in [0.29, 0.717) is 11.5 Å². The van der Waals surface area contributed by atoms with Crippen LogP contribution in [-0.2, 0) is 11.3 Å². The summed E-state index contributed by atoms with van der Waals surface area (Å²) >= 11 is 0. The van der Waals surface area contributed by atoms with Gasteiger partial charge in [-0.2, -0.15) is 0 Å². The maximum absolute atomic E-state index is 12.5. The van der Waals surface area contributed by atoms with Crippen LogP contribution in [0.15, 0.2) is 24.3 Å². The maximum Gasteiger partial charge on any atom is 0.263 e. The van der Waals surface area contributed by atoms with Crippen LogP contribution in [0.4, 0.5) is 8.78 Å². The number of benzene rings is 1. The van der Waals surface area contributed by atoms with Crippen molar-refractivity contribution in [2.24, 2.45) is 5.41 Å². The van der Waals surface area contributed by atoms with Crippen LogP contribution in [0.1, 0.15) is 43.7 Å². The number of alkyl halides is 2. The van der Waals surface area contributed by atoms with E-state index in [1.165, 1.54) is 19.3 Å². The lowest BCUT2D eigenvalue weighted by molar-refractivity contribution is -0.0718. The third-order valence-electron chi connectivity index (χ3n) is 4.88. The third-order valence-corrected chi connectivity index (χ3v) is 4.88. The summed E-state index contributed by atoms with van der Waals surface area (Å²) in [6.45, 7) is 5.95. The van der Waals surface area contributed by atoms with Gasteiger partial charge in [0.05, 0.1) is 6.10 Å². The number of halogens is 2. The van der Waals surface area contributed by atoms with Crippen LogP contribution in [0, 0.1) is 5.41 Å². The average Bonchev–Trinajstić information content (AvgIpc) is 2.83. The normalized spacial score (nSPS) is 29.2. The van der Waals surface area contributed by atoms with Gasteiger partial charge in [0, 0.05) is 25.3 Å². The molecule has 1 saturated carbocycles. The molecule has 0 aromatic heterocycles. The molecule has 0 N–H and O–H groups in total. The van der Waals surface area contributed by atoms with Crippen LogP contribution < -0.4 is 0 Å². The minimum absolute atomic E-state index is 0.107. The summed E-state index contributed by atoms with van der Waals surface area (Å²) in [5.41, 5.74) is 1.69. The van der Waals surface area contributed by atoms with Crippen LogP contribution in [0.5, 0.6) is 0 Å². The van der Waals surface area contributed by atoms with Gasteiger partial charge >= 0.3 is 0 Å². The first kappa shape index (κ1) is 14.9. The summed E-state index contributed by atoms with van der Waals surface area (Å²) in [5.74, 6) is 0. The number of nitrogens with zero attached hydrogens (tertiary/aromatic N) is 1. The second kappa shape index (κ2) is 6.01. The second-order valence-electron chi connectivity index (χ2n) is 6.49. The van der Waals surface area contributed by atoms with E-state index < -0.39 is 6.43 Å². The molecule has 2 aliphatic rings. The molecule has 1 heterocycles. The van der Waals surface area contributed by atoms with E-state index in [1.54, 1.807) is 12.1 Å². The third kappa shape index (κ3) is 3.27. The Labute approximate surface area is 125 Å². The Morgan fingerprint density at radius 2 is 2.00 bits per heavy atom. The smallest absolute Gasteiger partial charge is 0.263 e. The maximum atomic E-state index is 12.5. The van der Waals surface area contributed by atoms with Crippen molar-refractivity contribution < 1.29 is 13.5 Å². The molecule has 2 fully saturated rings. The summed E-state index contributed by atoms with van der Waals surface area (Å²) in [7, 11) is 0. The zero-order chi connectivity index (χ0) is 14.9. The Balaban J connectivity index is 1.51. The summed E-state index contributed by atoms with van der Waals surface area (Å²) in [6, 6.07) is 6.74. The quantitative estimate of drug-likeness (QED) is 0.813. The van der Waals surface area contributed by atoms with E-state index in [2.05, 4.69) is 11.8 Å². The first-order valence-electron chi connectivity index (χ1n) is 7.81. The number of likely N-dealkylation sites (tertiary alicyclic amines) is 1. The largest absolute Gasteiger partial charge is 0.378 e. The van der Waals surface area contributed by atoms with E-state index in [9.17, 15) is 8.78 Å². The minimum Gasteiger partial charge on any atom is -0.378 e. The van der Waals surface area contributed by atoms with Crippen LogP contribution in [0.2, 0.25) is 0 Å². The molecule has 0 atom stereocenters. The molecule has 1 aliphatic heterocycles. The van der Waals surface area contributed by atoms with Crippen molar-refractivity contribution in [3.8, 4) is 0 Å². The van der Waals surface area contributed by atoms with E-state index in [-0.39, 0.29) is 5.56 Å². The van der Waals surface area contributed by atoms with Crippen molar-refractivity contribution in [3.63, 3.8) is 0 Å². The molecule has 1 spiro atoms. The molecule has 0 bridgehead atoms. The average molecular weight is 295 g/mol. The fourth-order valence-corrected chi connectivity index (χ4v) is 3.78. The lowest BCUT2D eigenvalue weighted by Gasteiger charge is -2.44. The van der Waals surface area contributed by atoms with Gasteiger partial charge in [0.15, 0.2) is 0 Å². The molecule has 0 radical (unpaired) electrons. The molecule has 0 amide bonds. The van der Waals surface area contributed by atoms with Gasteiger partial charge in [-0.3, -0.25) is 4.90 Å². The van der Waals surface area contributed by atoms with Gasteiger partial charge in [-0.25, -0.2) is 8.78 Å². The monoisotopic (exact) mass is 295 g/mol. The Morgan fingerprint density at radius 3 is 2.62 bits per heavy atom. The fraction of sp³-hybridized carbons (Fsp3) is 0.647. The highest BCUT2D eigenvalue weighted by molar-refractivity contribution is 5.23. The van der Waals surface area contributed by atoms with Crippen molar-refractivity contribution in [2.45, 2.75) is 45.3 Å². The van der Waals surface area contributed by atoms with Crippen LogP contribution >= 0.6 is 0 Å². The standard InChI is InChI=1S/C17H23F2NO/c1-2-21-15-9-17(10-15)7-8-20(12-17)11-13-3-5-14(6-4-13)16(18)19/h3-6,15-16H,2,7-12H2,1H3. The number of hydrogen-bond donors (Lipinski definition) is 0. The van der Waals surface area contributed by atoms with E-state index in [0.717, 1.165) is 31.8 Å². The predicted octanol–water partition coefficient (Wildman–Crippen LogP) is 4.02. The highest BCUT2D eigenvalue weighted by Crippen LogP contribution is 2.49. The van der Waals surface area contributed by atoms with Crippen molar-refractivity contribution in [1.82, 2.24) is 4.90 Å². The Hall–Kier alpha value is -1.00. The number of rotatable bonds is 5. The molecular weight excluding hydrogens is 272 g/mol. The van der Waals surface area contributed by atoms with Crippen molar-refractivity contribution in [1.29, 1.82) is 0 Å². The van der Waals surface area contributed by atoms with Gasteiger partial charge < -0.3 is 4.74 Å². The van der Waals surface area contributed by atoms with Gasteiger partial charge in [0.1, 0.15) is 0 Å². The minimum atomic E-state index is -2.38. The Kier molecular flexibility index (Phi) is 4.27. The first-order valence-corrected chi connectivity index (χ1v) is 7.81. The topological polar surface area (TPSA) is 12.5 Å². The van der Waals surface area contributed by atoms with Crippen molar-refractivity contribution in [3.05, 3.63) is 35.4 Å². The lowest BCUT2D eigenvalue weighted by Crippen LogP contribution is -2.44. The van der Waals surface area contributed by atoms with Gasteiger partial charge in [-0.15, -0.1) is 0 Å². The van der Waals surface area contributed by atoms with E-state index in [4.69, 9.17) is 4.74 Å². The van der Waals surface area contributed by atoms with Gasteiger partial charge in [0.25, 0.3) is 6.43 Å². The Morgan fingerprint density at radius 1 is 1.29 bits per heavy atom. The van der Waals surface area contributed by atoms with Crippen LogP contribution in [-0.4, -0.2) is 30.7 Å². The van der Waals surface area contributed by atoms with Crippen molar-refractivity contribution >= 4 is 0 Å². The molecule has 21 heavy (non-hydrogen) atoms. The van der Waals surface area contributed by atoms with Crippen molar-refractivity contribution in [2.75, 3.05) is 19.7 Å². The molecule has 1 aliphatic carbocycles. The van der Waals surface area contributed by atoms with Crippen LogP contribution in [0.3, 0.4) is 0 Å². The second-order valence-corrected chi connectivity index (χ2v) is 6.49.